The van der Waals surface area contributed by atoms with Crippen LogP contribution in [-0.4, -0.2) is 15.3 Å². The number of nitrogens with two attached hydrogens (primary N) is 1. The molecule has 0 radical (unpaired) electrons. The highest BCUT2D eigenvalue weighted by atomic mass is 16.3. The zero-order valence-electron chi connectivity index (χ0n) is 15.1. The monoisotopic (exact) mass is 339 g/mol. The minimum Gasteiger partial charge on any atom is -0.506 e. The molecular weight excluding hydrogens is 314 g/mol. The number of aromatic hydroxyl groups is 3. The second kappa shape index (κ2) is 4.43. The number of benzene rings is 2. The molecular formula is C21H25NO3. The first-order valence-corrected chi connectivity index (χ1v) is 8.68. The summed E-state index contributed by atoms with van der Waals surface area (Å²) >= 11 is 0. The van der Waals surface area contributed by atoms with Crippen molar-refractivity contribution in [2.45, 2.75) is 56.8 Å². The van der Waals surface area contributed by atoms with Crippen molar-refractivity contribution in [3.05, 3.63) is 46.5 Å². The fraction of sp³-hybridized carbons (Fsp3) is 0.429. The van der Waals surface area contributed by atoms with Crippen molar-refractivity contribution in [1.82, 2.24) is 0 Å². The van der Waals surface area contributed by atoms with E-state index in [1.165, 1.54) is 0 Å². The molecule has 0 heterocycles. The van der Waals surface area contributed by atoms with Crippen LogP contribution in [0, 0.1) is 0 Å². The fourth-order valence-electron chi connectivity index (χ4n) is 5.38. The summed E-state index contributed by atoms with van der Waals surface area (Å²) in [4.78, 5) is 0. The highest BCUT2D eigenvalue weighted by Crippen LogP contribution is 2.64. The Balaban J connectivity index is 2.07. The van der Waals surface area contributed by atoms with Gasteiger partial charge in [0.25, 0.3) is 0 Å². The second-order valence-corrected chi connectivity index (χ2v) is 9.05. The number of rotatable bonds is 0. The van der Waals surface area contributed by atoms with Gasteiger partial charge in [0, 0.05) is 5.41 Å². The summed E-state index contributed by atoms with van der Waals surface area (Å²) in [5, 5.41) is 30.4. The van der Waals surface area contributed by atoms with Crippen LogP contribution in [0.25, 0.3) is 0 Å². The summed E-state index contributed by atoms with van der Waals surface area (Å²) in [5.41, 5.74) is 10.2. The lowest BCUT2D eigenvalue weighted by Gasteiger charge is -2.30. The Morgan fingerprint density at radius 1 is 0.680 bits per heavy atom. The molecule has 2 aliphatic rings. The maximum absolute atomic E-state index is 10.3. The van der Waals surface area contributed by atoms with Crippen molar-refractivity contribution in [2.75, 3.05) is 5.73 Å². The van der Waals surface area contributed by atoms with Crippen LogP contribution in [0.5, 0.6) is 17.2 Å². The molecule has 1 unspecified atom stereocenters. The van der Waals surface area contributed by atoms with Gasteiger partial charge in [0.1, 0.15) is 5.75 Å². The minimum absolute atomic E-state index is 0.0819. The first-order valence-electron chi connectivity index (χ1n) is 8.68. The molecule has 0 aromatic heterocycles. The van der Waals surface area contributed by atoms with E-state index in [-0.39, 0.29) is 33.5 Å². The SMILES string of the molecule is CC1(C)CC2(CC(C)(C)c3cc(O)c(O)cc32)c2cc(O)c(N)cc21. The van der Waals surface area contributed by atoms with Crippen molar-refractivity contribution in [3.63, 3.8) is 0 Å². The van der Waals surface area contributed by atoms with Crippen molar-refractivity contribution in [1.29, 1.82) is 0 Å². The summed E-state index contributed by atoms with van der Waals surface area (Å²) in [6, 6.07) is 7.10. The summed E-state index contributed by atoms with van der Waals surface area (Å²) in [6.07, 6.45) is 1.73. The highest BCUT2D eigenvalue weighted by Gasteiger charge is 2.56. The summed E-state index contributed by atoms with van der Waals surface area (Å²) in [6.45, 7) is 8.73. The van der Waals surface area contributed by atoms with Gasteiger partial charge >= 0.3 is 0 Å². The third kappa shape index (κ3) is 1.94. The van der Waals surface area contributed by atoms with E-state index in [1.54, 1.807) is 18.2 Å². The quantitative estimate of drug-likeness (QED) is 0.431. The molecule has 25 heavy (non-hydrogen) atoms. The van der Waals surface area contributed by atoms with E-state index >= 15 is 0 Å². The molecule has 1 spiro atoms. The molecule has 2 aromatic carbocycles. The van der Waals surface area contributed by atoms with Gasteiger partial charge in [0.05, 0.1) is 5.69 Å². The van der Waals surface area contributed by atoms with E-state index in [1.807, 2.05) is 6.07 Å². The number of phenols is 3. The van der Waals surface area contributed by atoms with E-state index < -0.39 is 0 Å². The van der Waals surface area contributed by atoms with Gasteiger partial charge in [-0.15, -0.1) is 0 Å². The predicted molar refractivity (Wildman–Crippen MR) is 98.4 cm³/mol. The molecule has 132 valence electrons. The lowest BCUT2D eigenvalue weighted by molar-refractivity contribution is 0.348. The Morgan fingerprint density at radius 3 is 1.60 bits per heavy atom. The largest absolute Gasteiger partial charge is 0.506 e. The van der Waals surface area contributed by atoms with Crippen LogP contribution in [0.4, 0.5) is 5.69 Å². The zero-order chi connectivity index (χ0) is 18.4. The molecule has 0 fully saturated rings. The van der Waals surface area contributed by atoms with E-state index in [9.17, 15) is 15.3 Å². The van der Waals surface area contributed by atoms with Crippen LogP contribution in [0.3, 0.4) is 0 Å². The average Bonchev–Trinajstić information content (AvgIpc) is 2.82. The molecule has 0 aliphatic heterocycles. The Hall–Kier alpha value is -2.36. The van der Waals surface area contributed by atoms with Crippen LogP contribution >= 0.6 is 0 Å². The van der Waals surface area contributed by atoms with Gasteiger partial charge in [-0.2, -0.15) is 0 Å². The lowest BCUT2D eigenvalue weighted by Crippen LogP contribution is -2.26. The zero-order valence-corrected chi connectivity index (χ0v) is 15.1. The van der Waals surface area contributed by atoms with Gasteiger partial charge in [-0.25, -0.2) is 0 Å². The lowest BCUT2D eigenvalue weighted by atomic mass is 9.72. The molecule has 4 heteroatoms. The normalized spacial score (nSPS) is 25.1. The van der Waals surface area contributed by atoms with E-state index in [0.717, 1.165) is 35.1 Å². The molecule has 0 amide bonds. The first kappa shape index (κ1) is 16.1. The molecule has 5 N–H and O–H groups in total. The van der Waals surface area contributed by atoms with Crippen molar-refractivity contribution in [2.24, 2.45) is 0 Å². The van der Waals surface area contributed by atoms with Crippen LogP contribution in [0.15, 0.2) is 24.3 Å². The Kier molecular flexibility index (Phi) is 2.85. The van der Waals surface area contributed by atoms with Crippen LogP contribution in [0.2, 0.25) is 0 Å². The van der Waals surface area contributed by atoms with Gasteiger partial charge < -0.3 is 21.1 Å². The Bertz CT molecular complexity index is 836. The molecule has 4 nitrogen and oxygen atoms in total. The van der Waals surface area contributed by atoms with Crippen molar-refractivity contribution < 1.29 is 15.3 Å². The van der Waals surface area contributed by atoms with E-state index in [4.69, 9.17) is 5.73 Å². The number of nitrogen functional groups attached to an aromatic ring is 1. The van der Waals surface area contributed by atoms with Gasteiger partial charge in [0.15, 0.2) is 11.5 Å². The van der Waals surface area contributed by atoms with Gasteiger partial charge in [-0.05, 0) is 70.2 Å². The standard InChI is InChI=1S/C21H25NO3/c1-19(2)9-21(13-7-16(23)15(22)5-11(13)19)10-20(3,4)12-6-17(24)18(25)8-14(12)21/h5-8,23-25H,9-10,22H2,1-4H3. The van der Waals surface area contributed by atoms with Gasteiger partial charge in [0.2, 0.25) is 0 Å². The number of phenolic OH excluding ortho intramolecular Hbond substituents is 3. The summed E-state index contributed by atoms with van der Waals surface area (Å²) in [5.74, 6) is -0.0756. The number of anilines is 1. The Labute approximate surface area is 147 Å². The third-order valence-corrected chi connectivity index (χ3v) is 6.26. The minimum atomic E-state index is -0.298. The maximum atomic E-state index is 10.3. The molecule has 1 atom stereocenters. The van der Waals surface area contributed by atoms with Crippen LogP contribution < -0.4 is 5.73 Å². The van der Waals surface area contributed by atoms with Crippen LogP contribution in [0.1, 0.15) is 62.8 Å². The average molecular weight is 339 g/mol. The number of hydrogen-bond acceptors (Lipinski definition) is 4. The second-order valence-electron chi connectivity index (χ2n) is 9.05. The van der Waals surface area contributed by atoms with Gasteiger partial charge in [-0.1, -0.05) is 27.7 Å². The maximum Gasteiger partial charge on any atom is 0.157 e. The van der Waals surface area contributed by atoms with E-state index in [0.29, 0.717) is 5.69 Å². The highest BCUT2D eigenvalue weighted by molar-refractivity contribution is 5.67. The molecule has 0 saturated heterocycles. The molecule has 4 rings (SSSR count). The number of hydrogen-bond donors (Lipinski definition) is 4. The van der Waals surface area contributed by atoms with Crippen molar-refractivity contribution >= 4 is 5.69 Å². The smallest absolute Gasteiger partial charge is 0.157 e. The number of fused-ring (bicyclic) bond motifs is 4. The topological polar surface area (TPSA) is 86.7 Å². The molecule has 0 saturated carbocycles. The van der Waals surface area contributed by atoms with Crippen molar-refractivity contribution in [3.8, 4) is 17.2 Å². The molecule has 0 bridgehead atoms. The summed E-state index contributed by atoms with van der Waals surface area (Å²) < 4.78 is 0. The third-order valence-electron chi connectivity index (χ3n) is 6.26. The van der Waals surface area contributed by atoms with Gasteiger partial charge in [-0.3, -0.25) is 0 Å². The molecule has 2 aliphatic carbocycles. The summed E-state index contributed by atoms with van der Waals surface area (Å²) in [7, 11) is 0. The Morgan fingerprint density at radius 2 is 1.08 bits per heavy atom. The van der Waals surface area contributed by atoms with Crippen LogP contribution in [-0.2, 0) is 16.2 Å². The fourth-order valence-corrected chi connectivity index (χ4v) is 5.38. The predicted octanol–water partition coefficient (Wildman–Crippen LogP) is 4.03. The van der Waals surface area contributed by atoms with E-state index in [2.05, 4.69) is 27.7 Å². The molecule has 2 aromatic rings. The first-order chi connectivity index (χ1) is 11.5.